The van der Waals surface area contributed by atoms with Crippen LogP contribution in [0.2, 0.25) is 0 Å². The number of amides is 2. The zero-order chi connectivity index (χ0) is 23.6. The van der Waals surface area contributed by atoms with Crippen LogP contribution < -0.4 is 11.1 Å². The summed E-state index contributed by atoms with van der Waals surface area (Å²) in [6.45, 7) is 2.38. The highest BCUT2D eigenvalue weighted by Gasteiger charge is 2.68. The molecular weight excluding hydrogens is 446 g/mol. The first-order valence-corrected chi connectivity index (χ1v) is 12.2. The standard InChI is InChI=1S/C23H29N3O6S/c1-2-31-12-15-13-33-22-23(32-16-10-6-7-11-16,21(30)26(22)18(15)20(28)29)25-19(27)17(24)14-8-4-3-5-9-14/h3-5,8-9,16-17,22H,2,6-7,10-13,24H2,1H3,(H,25,27)(H,28,29)/t17?,22-,23?/m0/s1. The van der Waals surface area contributed by atoms with Crippen molar-refractivity contribution in [3.05, 3.63) is 47.2 Å². The number of carboxylic acids is 1. The number of hydrogen-bond acceptors (Lipinski definition) is 7. The summed E-state index contributed by atoms with van der Waals surface area (Å²) in [7, 11) is 0. The Balaban J connectivity index is 1.63. The molecule has 2 heterocycles. The fourth-order valence-corrected chi connectivity index (χ4v) is 5.90. The summed E-state index contributed by atoms with van der Waals surface area (Å²) in [5, 5.41) is 11.9. The lowest BCUT2D eigenvalue weighted by atomic mass is 9.96. The van der Waals surface area contributed by atoms with Crippen molar-refractivity contribution in [3.63, 3.8) is 0 Å². The molecule has 3 atom stereocenters. The van der Waals surface area contributed by atoms with E-state index in [0.29, 0.717) is 23.5 Å². The number of β-lactam (4-membered cyclic amide) rings is 1. The number of carboxylic acid groups (broad SMARTS) is 1. The molecule has 10 heteroatoms. The number of rotatable bonds is 9. The Morgan fingerprint density at radius 1 is 1.30 bits per heavy atom. The first kappa shape index (κ1) is 23.7. The van der Waals surface area contributed by atoms with Gasteiger partial charge < -0.3 is 25.6 Å². The minimum atomic E-state index is -1.65. The van der Waals surface area contributed by atoms with Crippen LogP contribution in [0.3, 0.4) is 0 Å². The summed E-state index contributed by atoms with van der Waals surface area (Å²) >= 11 is 1.36. The fourth-order valence-electron chi connectivity index (χ4n) is 4.52. The largest absolute Gasteiger partial charge is 0.477 e. The molecule has 0 spiro atoms. The molecule has 2 fully saturated rings. The number of aliphatic carboxylic acids is 1. The minimum absolute atomic E-state index is 0.0931. The highest BCUT2D eigenvalue weighted by molar-refractivity contribution is 8.00. The van der Waals surface area contributed by atoms with Gasteiger partial charge in [-0.15, -0.1) is 11.8 Å². The molecule has 2 unspecified atom stereocenters. The maximum atomic E-state index is 13.5. The Morgan fingerprint density at radius 3 is 2.64 bits per heavy atom. The SMILES string of the molecule is CCOCC1=C(C(=O)O)N2C(=O)C(NC(=O)C(N)c3ccccc3)(OC3CCCC3)[C@@H]2SC1. The van der Waals surface area contributed by atoms with E-state index < -0.39 is 34.9 Å². The van der Waals surface area contributed by atoms with Crippen molar-refractivity contribution in [1.82, 2.24) is 10.2 Å². The van der Waals surface area contributed by atoms with Gasteiger partial charge in [0.25, 0.3) is 11.6 Å². The lowest BCUT2D eigenvalue weighted by Gasteiger charge is -2.57. The maximum Gasteiger partial charge on any atom is 0.352 e. The topological polar surface area (TPSA) is 131 Å². The molecular formula is C23H29N3O6S. The van der Waals surface area contributed by atoms with Crippen LogP contribution in [0.5, 0.6) is 0 Å². The van der Waals surface area contributed by atoms with E-state index in [0.717, 1.165) is 25.7 Å². The second-order valence-electron chi connectivity index (χ2n) is 8.37. The van der Waals surface area contributed by atoms with Gasteiger partial charge in [0.15, 0.2) is 0 Å². The normalized spacial score (nSPS) is 26.1. The lowest BCUT2D eigenvalue weighted by molar-refractivity contribution is -0.209. The van der Waals surface area contributed by atoms with Crippen LogP contribution in [-0.4, -0.2) is 64.0 Å². The van der Waals surface area contributed by atoms with E-state index in [-0.39, 0.29) is 18.4 Å². The molecule has 4 rings (SSSR count). The van der Waals surface area contributed by atoms with Gasteiger partial charge in [-0.05, 0) is 30.9 Å². The van der Waals surface area contributed by atoms with E-state index in [2.05, 4.69) is 5.32 Å². The molecule has 1 aliphatic carbocycles. The number of nitrogens with one attached hydrogen (secondary N) is 1. The average Bonchev–Trinajstić information content (AvgIpc) is 3.34. The van der Waals surface area contributed by atoms with E-state index >= 15 is 0 Å². The number of benzene rings is 1. The van der Waals surface area contributed by atoms with Gasteiger partial charge >= 0.3 is 5.97 Å². The Labute approximate surface area is 196 Å². The molecule has 2 aliphatic heterocycles. The summed E-state index contributed by atoms with van der Waals surface area (Å²) in [5.74, 6) is -1.99. The number of thioether (sulfide) groups is 1. The molecule has 2 amide bonds. The number of carbonyl (C=O) groups is 3. The zero-order valence-corrected chi connectivity index (χ0v) is 19.3. The van der Waals surface area contributed by atoms with Crippen molar-refractivity contribution in [3.8, 4) is 0 Å². The van der Waals surface area contributed by atoms with Gasteiger partial charge in [0.2, 0.25) is 5.91 Å². The van der Waals surface area contributed by atoms with Crippen LogP contribution in [0, 0.1) is 0 Å². The first-order valence-electron chi connectivity index (χ1n) is 11.2. The molecule has 0 radical (unpaired) electrons. The van der Waals surface area contributed by atoms with Gasteiger partial charge in [-0.1, -0.05) is 43.2 Å². The van der Waals surface area contributed by atoms with Crippen LogP contribution in [0.1, 0.15) is 44.2 Å². The summed E-state index contributed by atoms with van der Waals surface area (Å²) < 4.78 is 11.7. The molecule has 9 nitrogen and oxygen atoms in total. The van der Waals surface area contributed by atoms with Crippen LogP contribution >= 0.6 is 11.8 Å². The third kappa shape index (κ3) is 4.40. The predicted molar refractivity (Wildman–Crippen MR) is 122 cm³/mol. The van der Waals surface area contributed by atoms with Gasteiger partial charge in [-0.2, -0.15) is 0 Å². The van der Waals surface area contributed by atoms with E-state index in [1.165, 1.54) is 16.7 Å². The van der Waals surface area contributed by atoms with Crippen molar-refractivity contribution in [2.45, 2.75) is 55.9 Å². The number of hydrogen-bond donors (Lipinski definition) is 3. The molecule has 0 aromatic heterocycles. The summed E-state index contributed by atoms with van der Waals surface area (Å²) in [5.41, 5.74) is 5.57. The second-order valence-corrected chi connectivity index (χ2v) is 9.44. The van der Waals surface area contributed by atoms with Crippen molar-refractivity contribution in [1.29, 1.82) is 0 Å². The van der Waals surface area contributed by atoms with Crippen molar-refractivity contribution >= 4 is 29.5 Å². The van der Waals surface area contributed by atoms with Crippen LogP contribution in [0.4, 0.5) is 0 Å². The molecule has 3 aliphatic rings. The Kier molecular flexibility index (Phi) is 7.08. The Bertz CT molecular complexity index is 949. The molecule has 1 saturated carbocycles. The molecule has 4 N–H and O–H groups in total. The highest BCUT2D eigenvalue weighted by Crippen LogP contribution is 2.48. The Hall–Kier alpha value is -2.40. The molecule has 178 valence electrons. The number of ether oxygens (including phenoxy) is 2. The van der Waals surface area contributed by atoms with Crippen molar-refractivity contribution < 1.29 is 29.0 Å². The maximum absolute atomic E-state index is 13.5. The summed E-state index contributed by atoms with van der Waals surface area (Å²) in [4.78, 5) is 39.9. The summed E-state index contributed by atoms with van der Waals surface area (Å²) in [6, 6.07) is 7.88. The van der Waals surface area contributed by atoms with Gasteiger partial charge in [0.1, 0.15) is 17.1 Å². The van der Waals surface area contributed by atoms with Gasteiger partial charge in [-0.3, -0.25) is 14.5 Å². The van der Waals surface area contributed by atoms with Crippen molar-refractivity contribution in [2.24, 2.45) is 5.73 Å². The van der Waals surface area contributed by atoms with Crippen LogP contribution in [-0.2, 0) is 23.9 Å². The zero-order valence-electron chi connectivity index (χ0n) is 18.5. The third-order valence-electron chi connectivity index (χ3n) is 6.20. The van der Waals surface area contributed by atoms with Crippen LogP contribution in [0.15, 0.2) is 41.6 Å². The van der Waals surface area contributed by atoms with Gasteiger partial charge in [0.05, 0.1) is 12.7 Å². The molecule has 0 bridgehead atoms. The highest BCUT2D eigenvalue weighted by atomic mass is 32.2. The smallest absolute Gasteiger partial charge is 0.352 e. The first-order chi connectivity index (χ1) is 15.9. The Morgan fingerprint density at radius 2 is 2.00 bits per heavy atom. The van der Waals surface area contributed by atoms with Gasteiger partial charge in [-0.25, -0.2) is 4.79 Å². The molecule has 1 saturated heterocycles. The lowest BCUT2D eigenvalue weighted by Crippen LogP contribution is -2.81. The van der Waals surface area contributed by atoms with Crippen LogP contribution in [0.25, 0.3) is 0 Å². The minimum Gasteiger partial charge on any atom is -0.477 e. The van der Waals surface area contributed by atoms with E-state index in [4.69, 9.17) is 15.2 Å². The quantitative estimate of drug-likeness (QED) is 0.364. The monoisotopic (exact) mass is 475 g/mol. The number of nitrogens with zero attached hydrogens (tertiary/aromatic N) is 1. The van der Waals surface area contributed by atoms with E-state index in [9.17, 15) is 19.5 Å². The molecule has 1 aromatic rings. The van der Waals surface area contributed by atoms with Gasteiger partial charge in [0, 0.05) is 12.4 Å². The van der Waals surface area contributed by atoms with Crippen molar-refractivity contribution in [2.75, 3.05) is 19.0 Å². The van der Waals surface area contributed by atoms with E-state index in [1.54, 1.807) is 24.3 Å². The second kappa shape index (κ2) is 9.84. The third-order valence-corrected chi connectivity index (χ3v) is 7.57. The number of fused-ring (bicyclic) bond motifs is 1. The number of nitrogens with two attached hydrogens (primary N) is 1. The molecule has 1 aromatic carbocycles. The van der Waals surface area contributed by atoms with E-state index in [1.807, 2.05) is 13.0 Å². The summed E-state index contributed by atoms with van der Waals surface area (Å²) in [6.07, 6.45) is 3.33. The molecule has 33 heavy (non-hydrogen) atoms. The predicted octanol–water partition coefficient (Wildman–Crippen LogP) is 1.75. The fraction of sp³-hybridized carbons (Fsp3) is 0.522. The number of carbonyl (C=O) groups excluding carboxylic acids is 2. The average molecular weight is 476 g/mol.